The van der Waals surface area contributed by atoms with Crippen molar-refractivity contribution in [2.75, 3.05) is 13.9 Å². The first-order valence-corrected chi connectivity index (χ1v) is 4.24. The van der Waals surface area contributed by atoms with E-state index in [1.807, 2.05) is 0 Å². The van der Waals surface area contributed by atoms with Crippen LogP contribution in [0.3, 0.4) is 0 Å². The number of nitrogens with two attached hydrogens (primary N) is 1. The maximum atomic E-state index is 13.7. The molecule has 1 aliphatic heterocycles. The predicted octanol–water partition coefficient (Wildman–Crippen LogP) is 0.953. The zero-order valence-corrected chi connectivity index (χ0v) is 8.08. The Hall–Kier alpha value is -1.53. The zero-order chi connectivity index (χ0) is 10.8. The number of halogens is 1. The van der Waals surface area contributed by atoms with E-state index in [1.165, 1.54) is 13.2 Å². The molecule has 0 radical (unpaired) electrons. The molecule has 0 aliphatic carbocycles. The average molecular weight is 215 g/mol. The van der Waals surface area contributed by atoms with Crippen LogP contribution in [0.5, 0.6) is 17.2 Å². The number of rotatable bonds is 3. The van der Waals surface area contributed by atoms with Crippen LogP contribution < -0.4 is 20.1 Å². The van der Waals surface area contributed by atoms with Gasteiger partial charge in [0, 0.05) is 6.07 Å². The summed E-state index contributed by atoms with van der Waals surface area (Å²) in [5.74, 6) is 5.19. The van der Waals surface area contributed by atoms with Crippen molar-refractivity contribution >= 4 is 0 Å². The second kappa shape index (κ2) is 3.92. The number of fused-ring (bicyclic) bond motifs is 1. The molecule has 0 saturated carbocycles. The second-order valence-electron chi connectivity index (χ2n) is 2.92. The average Bonchev–Trinajstić information content (AvgIpc) is 2.69. The topological polar surface area (TPSA) is 62.9 Å². The van der Waals surface area contributed by atoms with Crippen LogP contribution in [0.4, 0.5) is 4.39 Å². The first-order valence-electron chi connectivity index (χ1n) is 4.24. The van der Waals surface area contributed by atoms with E-state index in [9.17, 15) is 4.39 Å². The van der Waals surface area contributed by atoms with Crippen molar-refractivity contribution in [3.63, 3.8) is 0 Å². The largest absolute Gasteiger partial charge is 0.494 e. The molecule has 15 heavy (non-hydrogen) atoms. The molecular formula is C9H10FNO4. The molecule has 2 rings (SSSR count). The van der Waals surface area contributed by atoms with Crippen molar-refractivity contribution in [2.45, 2.75) is 6.61 Å². The molecular weight excluding hydrogens is 205 g/mol. The maximum Gasteiger partial charge on any atom is 0.231 e. The molecule has 1 aliphatic rings. The molecule has 0 bridgehead atoms. The Kier molecular flexibility index (Phi) is 2.61. The fraction of sp³-hybridized carbons (Fsp3) is 0.333. The lowest BCUT2D eigenvalue weighted by atomic mass is 10.1. The van der Waals surface area contributed by atoms with E-state index in [-0.39, 0.29) is 24.7 Å². The molecule has 82 valence electrons. The van der Waals surface area contributed by atoms with Gasteiger partial charge in [-0.15, -0.1) is 0 Å². The minimum Gasteiger partial charge on any atom is -0.494 e. The van der Waals surface area contributed by atoms with Gasteiger partial charge in [-0.3, -0.25) is 4.84 Å². The Morgan fingerprint density at radius 1 is 1.53 bits per heavy atom. The number of benzene rings is 1. The van der Waals surface area contributed by atoms with Crippen LogP contribution in [-0.2, 0) is 11.4 Å². The second-order valence-corrected chi connectivity index (χ2v) is 2.92. The van der Waals surface area contributed by atoms with Gasteiger partial charge < -0.3 is 14.2 Å². The molecule has 6 heteroatoms. The van der Waals surface area contributed by atoms with Gasteiger partial charge in [0.25, 0.3) is 0 Å². The lowest BCUT2D eigenvalue weighted by Gasteiger charge is -2.09. The highest BCUT2D eigenvalue weighted by Crippen LogP contribution is 2.41. The first-order chi connectivity index (χ1) is 7.27. The van der Waals surface area contributed by atoms with E-state index in [0.29, 0.717) is 11.5 Å². The van der Waals surface area contributed by atoms with Crippen LogP contribution in [0.25, 0.3) is 0 Å². The van der Waals surface area contributed by atoms with Gasteiger partial charge in [-0.25, -0.2) is 10.3 Å². The van der Waals surface area contributed by atoms with Crippen molar-refractivity contribution in [3.05, 3.63) is 17.4 Å². The van der Waals surface area contributed by atoms with E-state index in [1.54, 1.807) is 0 Å². The highest BCUT2D eigenvalue weighted by Gasteiger charge is 2.25. The first kappa shape index (κ1) is 10.0. The van der Waals surface area contributed by atoms with Gasteiger partial charge in [-0.1, -0.05) is 0 Å². The van der Waals surface area contributed by atoms with E-state index >= 15 is 0 Å². The molecule has 0 unspecified atom stereocenters. The van der Waals surface area contributed by atoms with Gasteiger partial charge in [0.2, 0.25) is 6.79 Å². The number of ether oxygens (including phenoxy) is 3. The summed E-state index contributed by atoms with van der Waals surface area (Å²) >= 11 is 0. The van der Waals surface area contributed by atoms with Gasteiger partial charge >= 0.3 is 0 Å². The van der Waals surface area contributed by atoms with Crippen molar-refractivity contribution in [1.29, 1.82) is 0 Å². The minimum atomic E-state index is -0.549. The molecule has 1 aromatic carbocycles. The van der Waals surface area contributed by atoms with Gasteiger partial charge in [-0.05, 0) is 0 Å². The van der Waals surface area contributed by atoms with Crippen molar-refractivity contribution < 1.29 is 23.4 Å². The molecule has 1 heterocycles. The predicted molar refractivity (Wildman–Crippen MR) is 48.1 cm³/mol. The normalized spacial score (nSPS) is 13.0. The molecule has 1 aromatic rings. The summed E-state index contributed by atoms with van der Waals surface area (Å²) in [4.78, 5) is 4.40. The lowest BCUT2D eigenvalue weighted by molar-refractivity contribution is 0.117. The standard InChI is InChI=1S/C9H10FNO4/c1-12-6-2-7-9(14-4-13-7)5(3-15-11)8(6)10/h2H,3-4,11H2,1H3. The van der Waals surface area contributed by atoms with Crippen molar-refractivity contribution in [2.24, 2.45) is 5.90 Å². The number of hydrogen-bond acceptors (Lipinski definition) is 5. The van der Waals surface area contributed by atoms with E-state index < -0.39 is 5.82 Å². The molecule has 0 atom stereocenters. The summed E-state index contributed by atoms with van der Waals surface area (Å²) in [5, 5.41) is 0. The van der Waals surface area contributed by atoms with Crippen LogP contribution in [0.15, 0.2) is 6.07 Å². The number of hydrogen-bond donors (Lipinski definition) is 1. The molecule has 5 nitrogen and oxygen atoms in total. The Morgan fingerprint density at radius 2 is 2.33 bits per heavy atom. The van der Waals surface area contributed by atoms with Crippen molar-refractivity contribution in [3.8, 4) is 17.2 Å². The molecule has 0 fully saturated rings. The van der Waals surface area contributed by atoms with Gasteiger partial charge in [0.05, 0.1) is 19.3 Å². The maximum absolute atomic E-state index is 13.7. The van der Waals surface area contributed by atoms with E-state index in [0.717, 1.165) is 0 Å². The molecule has 0 aromatic heterocycles. The van der Waals surface area contributed by atoms with E-state index in [4.69, 9.17) is 20.1 Å². The lowest BCUT2D eigenvalue weighted by Crippen LogP contribution is -2.04. The highest BCUT2D eigenvalue weighted by atomic mass is 19.1. The summed E-state index contributed by atoms with van der Waals surface area (Å²) in [6.45, 7) is -0.0474. The molecule has 0 amide bonds. The van der Waals surface area contributed by atoms with Crippen molar-refractivity contribution in [1.82, 2.24) is 0 Å². The van der Waals surface area contributed by atoms with Crippen LogP contribution in [-0.4, -0.2) is 13.9 Å². The molecule has 2 N–H and O–H groups in total. The Bertz CT molecular complexity index is 382. The Labute approximate surface area is 85.4 Å². The quantitative estimate of drug-likeness (QED) is 0.760. The molecule has 0 saturated heterocycles. The van der Waals surface area contributed by atoms with Crippen LogP contribution >= 0.6 is 0 Å². The van der Waals surface area contributed by atoms with Gasteiger partial charge in [-0.2, -0.15) is 0 Å². The van der Waals surface area contributed by atoms with Crippen LogP contribution in [0.2, 0.25) is 0 Å². The SMILES string of the molecule is COc1cc2c(c(CON)c1F)OCO2. The fourth-order valence-corrected chi connectivity index (χ4v) is 1.42. The monoisotopic (exact) mass is 215 g/mol. The Morgan fingerprint density at radius 3 is 3.00 bits per heavy atom. The minimum absolute atomic E-state index is 0.0551. The summed E-state index contributed by atoms with van der Waals surface area (Å²) in [6, 6.07) is 1.43. The summed E-state index contributed by atoms with van der Waals surface area (Å²) < 4.78 is 28.8. The van der Waals surface area contributed by atoms with Crippen LogP contribution in [0.1, 0.15) is 5.56 Å². The van der Waals surface area contributed by atoms with Gasteiger partial charge in [0.1, 0.15) is 0 Å². The summed E-state index contributed by atoms with van der Waals surface area (Å²) in [6.07, 6.45) is 0. The fourth-order valence-electron chi connectivity index (χ4n) is 1.42. The summed E-state index contributed by atoms with van der Waals surface area (Å²) in [7, 11) is 1.37. The third-order valence-corrected chi connectivity index (χ3v) is 2.11. The van der Waals surface area contributed by atoms with Crippen LogP contribution in [0, 0.1) is 5.82 Å². The van der Waals surface area contributed by atoms with Gasteiger partial charge in [0.15, 0.2) is 23.1 Å². The third-order valence-electron chi connectivity index (χ3n) is 2.11. The molecule has 0 spiro atoms. The highest BCUT2D eigenvalue weighted by molar-refractivity contribution is 5.53. The summed E-state index contributed by atoms with van der Waals surface area (Å²) in [5.41, 5.74) is 0.198. The third kappa shape index (κ3) is 1.57. The number of methoxy groups -OCH3 is 1. The zero-order valence-electron chi connectivity index (χ0n) is 8.08. The van der Waals surface area contributed by atoms with E-state index in [2.05, 4.69) is 4.84 Å². The Balaban J connectivity index is 2.53. The smallest absolute Gasteiger partial charge is 0.231 e.